The molecule has 1 aromatic heterocycles. The molecule has 0 bridgehead atoms. The fourth-order valence-electron chi connectivity index (χ4n) is 2.99. The summed E-state index contributed by atoms with van der Waals surface area (Å²) in [6.45, 7) is 0. The van der Waals surface area contributed by atoms with Crippen molar-refractivity contribution in [1.29, 1.82) is 0 Å². The van der Waals surface area contributed by atoms with Crippen LogP contribution in [0, 0.1) is 5.92 Å². The maximum atomic E-state index is 12.5. The maximum absolute atomic E-state index is 12.5. The van der Waals surface area contributed by atoms with Crippen LogP contribution < -0.4 is 5.32 Å². The Hall–Kier alpha value is -1.75. The van der Waals surface area contributed by atoms with Crippen LogP contribution >= 0.6 is 11.8 Å². The van der Waals surface area contributed by atoms with Gasteiger partial charge in [-0.25, -0.2) is 4.68 Å². The van der Waals surface area contributed by atoms with Crippen LogP contribution in [0.15, 0.2) is 36.4 Å². The summed E-state index contributed by atoms with van der Waals surface area (Å²) in [7, 11) is 0. The summed E-state index contributed by atoms with van der Waals surface area (Å²) in [4.78, 5) is 12.5. The number of nitrogens with zero attached hydrogens (tertiary/aromatic N) is 2. The third-order valence-electron chi connectivity index (χ3n) is 4.43. The fourth-order valence-corrected chi connectivity index (χ4v) is 4.16. The predicted molar refractivity (Wildman–Crippen MR) is 94.1 cm³/mol. The molecule has 1 saturated carbocycles. The molecule has 2 aromatic rings. The predicted octanol–water partition coefficient (Wildman–Crippen LogP) is 3.66. The number of hydrogen-bond donors (Lipinski definition) is 1. The van der Waals surface area contributed by atoms with E-state index in [0.717, 1.165) is 48.1 Å². The van der Waals surface area contributed by atoms with Crippen molar-refractivity contribution in [3.05, 3.63) is 42.1 Å². The first-order chi connectivity index (χ1) is 11.3. The highest BCUT2D eigenvalue weighted by molar-refractivity contribution is 8.00. The number of para-hydroxylation sites is 1. The first-order valence-corrected chi connectivity index (χ1v) is 9.41. The summed E-state index contributed by atoms with van der Waals surface area (Å²) >= 11 is 1.76. The average Bonchev–Trinajstić information content (AvgIpc) is 3.07. The molecular formula is C18H21N3OS. The van der Waals surface area contributed by atoms with E-state index >= 15 is 0 Å². The summed E-state index contributed by atoms with van der Waals surface area (Å²) in [5.41, 5.74) is 2.06. The largest absolute Gasteiger partial charge is 0.310 e. The van der Waals surface area contributed by atoms with Gasteiger partial charge in [0, 0.05) is 6.07 Å². The minimum absolute atomic E-state index is 0.0843. The van der Waals surface area contributed by atoms with Crippen LogP contribution in [0.3, 0.4) is 0 Å². The van der Waals surface area contributed by atoms with Gasteiger partial charge in [-0.3, -0.25) is 4.79 Å². The molecule has 1 N–H and O–H groups in total. The van der Waals surface area contributed by atoms with E-state index in [2.05, 4.69) is 5.32 Å². The summed E-state index contributed by atoms with van der Waals surface area (Å²) in [6, 6.07) is 12.1. The molecule has 2 aliphatic rings. The number of carbonyl (C=O) groups excluding carboxylic acids is 1. The Morgan fingerprint density at radius 1 is 1.26 bits per heavy atom. The van der Waals surface area contributed by atoms with E-state index in [1.165, 1.54) is 12.8 Å². The van der Waals surface area contributed by atoms with Crippen LogP contribution in [0.5, 0.6) is 0 Å². The number of carbonyl (C=O) groups is 1. The van der Waals surface area contributed by atoms with Gasteiger partial charge in [0.15, 0.2) is 0 Å². The second-order valence-electron chi connectivity index (χ2n) is 6.41. The fraction of sp³-hybridized carbons (Fsp3) is 0.444. The molecule has 4 rings (SSSR count). The van der Waals surface area contributed by atoms with Gasteiger partial charge in [0.2, 0.25) is 5.91 Å². The highest BCUT2D eigenvalue weighted by atomic mass is 32.2. The molecule has 0 radical (unpaired) electrons. The van der Waals surface area contributed by atoms with Gasteiger partial charge in [0.05, 0.1) is 16.6 Å². The van der Waals surface area contributed by atoms with Gasteiger partial charge in [-0.05, 0) is 55.9 Å². The molecule has 4 nitrogen and oxygen atoms in total. The summed E-state index contributed by atoms with van der Waals surface area (Å²) < 4.78 is 1.87. The number of amides is 1. The number of thioether (sulfide) groups is 1. The lowest BCUT2D eigenvalue weighted by atomic mass is 10.2. The van der Waals surface area contributed by atoms with Crippen LogP contribution in [0.4, 0.5) is 5.82 Å². The van der Waals surface area contributed by atoms with Crippen molar-refractivity contribution in [2.24, 2.45) is 5.92 Å². The standard InChI is InChI=1S/C18H21N3OS/c22-18(16-7-4-10-23-16)19-17-12-14(11-13-8-9-13)20-21(17)15-5-2-1-3-6-15/h1-3,5-6,12-13,16H,4,7-11H2,(H,19,22)/t16-/m1/s1. The first kappa shape index (κ1) is 14.8. The molecule has 1 aliphatic carbocycles. The molecule has 2 heterocycles. The Labute approximate surface area is 140 Å². The van der Waals surface area contributed by atoms with Crippen molar-refractivity contribution in [2.75, 3.05) is 11.1 Å². The molecule has 5 heteroatoms. The smallest absolute Gasteiger partial charge is 0.238 e. The molecule has 1 amide bonds. The zero-order valence-corrected chi connectivity index (χ0v) is 13.9. The monoisotopic (exact) mass is 327 g/mol. The van der Waals surface area contributed by atoms with Crippen molar-refractivity contribution in [1.82, 2.24) is 9.78 Å². The van der Waals surface area contributed by atoms with E-state index in [4.69, 9.17) is 5.10 Å². The first-order valence-electron chi connectivity index (χ1n) is 8.36. The number of rotatable bonds is 5. The van der Waals surface area contributed by atoms with E-state index in [-0.39, 0.29) is 11.2 Å². The number of anilines is 1. The van der Waals surface area contributed by atoms with E-state index in [1.807, 2.05) is 41.1 Å². The summed E-state index contributed by atoms with van der Waals surface area (Å²) in [5.74, 6) is 2.78. The van der Waals surface area contributed by atoms with Crippen LogP contribution in [-0.4, -0.2) is 26.7 Å². The lowest BCUT2D eigenvalue weighted by molar-refractivity contribution is -0.115. The van der Waals surface area contributed by atoms with Crippen molar-refractivity contribution in [2.45, 2.75) is 37.4 Å². The number of benzene rings is 1. The molecule has 23 heavy (non-hydrogen) atoms. The molecule has 120 valence electrons. The van der Waals surface area contributed by atoms with Gasteiger partial charge in [-0.2, -0.15) is 5.10 Å². The van der Waals surface area contributed by atoms with E-state index < -0.39 is 0 Å². The van der Waals surface area contributed by atoms with E-state index in [9.17, 15) is 4.79 Å². The Bertz CT molecular complexity index is 688. The van der Waals surface area contributed by atoms with E-state index in [1.54, 1.807) is 11.8 Å². The Kier molecular flexibility index (Phi) is 4.12. The molecule has 1 aliphatic heterocycles. The van der Waals surface area contributed by atoms with Gasteiger partial charge in [-0.1, -0.05) is 18.2 Å². The van der Waals surface area contributed by atoms with Crippen LogP contribution in [-0.2, 0) is 11.2 Å². The molecule has 0 unspecified atom stereocenters. The third kappa shape index (κ3) is 3.44. The zero-order chi connectivity index (χ0) is 15.6. The second-order valence-corrected chi connectivity index (χ2v) is 7.72. The van der Waals surface area contributed by atoms with Crippen molar-refractivity contribution in [3.8, 4) is 5.69 Å². The third-order valence-corrected chi connectivity index (χ3v) is 5.81. The number of hydrogen-bond acceptors (Lipinski definition) is 3. The Morgan fingerprint density at radius 2 is 2.09 bits per heavy atom. The minimum atomic E-state index is 0.0843. The minimum Gasteiger partial charge on any atom is -0.310 e. The van der Waals surface area contributed by atoms with Gasteiger partial charge < -0.3 is 5.32 Å². The lowest BCUT2D eigenvalue weighted by Gasteiger charge is -2.11. The van der Waals surface area contributed by atoms with Crippen LogP contribution in [0.2, 0.25) is 0 Å². The van der Waals surface area contributed by atoms with Crippen molar-refractivity contribution >= 4 is 23.5 Å². The SMILES string of the molecule is O=C(Nc1cc(CC2CC2)nn1-c1ccccc1)[C@H]1CCCS1. The van der Waals surface area contributed by atoms with Gasteiger partial charge in [0.1, 0.15) is 5.82 Å². The Balaban J connectivity index is 1.60. The molecule has 0 spiro atoms. The quantitative estimate of drug-likeness (QED) is 0.911. The topological polar surface area (TPSA) is 46.9 Å². The van der Waals surface area contributed by atoms with Crippen LogP contribution in [0.25, 0.3) is 5.69 Å². The van der Waals surface area contributed by atoms with Crippen molar-refractivity contribution < 1.29 is 4.79 Å². The zero-order valence-electron chi connectivity index (χ0n) is 13.1. The molecule has 2 fully saturated rings. The normalized spacial score (nSPS) is 20.6. The molecule has 1 saturated heterocycles. The van der Waals surface area contributed by atoms with Gasteiger partial charge in [-0.15, -0.1) is 11.8 Å². The summed E-state index contributed by atoms with van der Waals surface area (Å²) in [6.07, 6.45) is 5.73. The molecule has 1 aromatic carbocycles. The highest BCUT2D eigenvalue weighted by Crippen LogP contribution is 2.33. The van der Waals surface area contributed by atoms with Crippen LogP contribution in [0.1, 0.15) is 31.4 Å². The average molecular weight is 327 g/mol. The molecule has 1 atom stereocenters. The lowest BCUT2D eigenvalue weighted by Crippen LogP contribution is -2.24. The second kappa shape index (κ2) is 6.40. The molecular weight excluding hydrogens is 306 g/mol. The summed E-state index contributed by atoms with van der Waals surface area (Å²) in [5, 5.41) is 7.93. The number of aromatic nitrogens is 2. The van der Waals surface area contributed by atoms with Crippen molar-refractivity contribution in [3.63, 3.8) is 0 Å². The van der Waals surface area contributed by atoms with Gasteiger partial charge in [0.25, 0.3) is 0 Å². The Morgan fingerprint density at radius 3 is 2.78 bits per heavy atom. The number of nitrogens with one attached hydrogen (secondary N) is 1. The maximum Gasteiger partial charge on any atom is 0.238 e. The van der Waals surface area contributed by atoms with Gasteiger partial charge >= 0.3 is 0 Å². The highest BCUT2D eigenvalue weighted by Gasteiger charge is 2.26. The van der Waals surface area contributed by atoms with E-state index in [0.29, 0.717) is 0 Å².